The third kappa shape index (κ3) is 7.01. The average molecular weight is 457 g/mol. The van der Waals surface area contributed by atoms with Crippen LogP contribution in [0, 0.1) is 0 Å². The van der Waals surface area contributed by atoms with Gasteiger partial charge >= 0.3 is 0 Å². The minimum absolute atomic E-state index is 0.762. The van der Waals surface area contributed by atoms with Crippen LogP contribution < -0.4 is 0 Å². The zero-order valence-electron chi connectivity index (χ0n) is 13.6. The molecule has 0 aliphatic carbocycles. The lowest BCUT2D eigenvalue weighted by atomic mass is 10.6. The number of hydrogen-bond donors (Lipinski definition) is 4. The summed E-state index contributed by atoms with van der Waals surface area (Å²) in [5, 5.41) is 0. The van der Waals surface area contributed by atoms with Crippen molar-refractivity contribution in [2.75, 3.05) is 37.7 Å². The van der Waals surface area contributed by atoms with Gasteiger partial charge in [-0.05, 0) is 27.7 Å². The summed E-state index contributed by atoms with van der Waals surface area (Å²) in [6.07, 6.45) is 0. The highest BCUT2D eigenvalue weighted by molar-refractivity contribution is 9.25. The Balaban J connectivity index is 4.88. The highest BCUT2D eigenvalue weighted by Gasteiger charge is 2.30. The Hall–Kier alpha value is 1.88. The fourth-order valence-electron chi connectivity index (χ4n) is 1.78. The topological polar surface area (TPSA) is 6.48 Å². The molecule has 0 N–H and O–H groups in total. The highest BCUT2D eigenvalue weighted by atomic mass is 33.5. The van der Waals surface area contributed by atoms with Gasteiger partial charge in [0.15, 0.2) is 0 Å². The fourth-order valence-corrected chi connectivity index (χ4v) is 10.4. The highest BCUT2D eigenvalue weighted by Crippen LogP contribution is 2.65. The van der Waals surface area contributed by atoms with Crippen LogP contribution in [0.1, 0.15) is 27.7 Å². The van der Waals surface area contributed by atoms with E-state index in [0.717, 1.165) is 46.3 Å². The summed E-state index contributed by atoms with van der Waals surface area (Å²) in [4.78, 5) is 4.28. The molecule has 22 heavy (non-hydrogen) atoms. The second-order valence-corrected chi connectivity index (χ2v) is 19.4. The lowest BCUT2D eigenvalue weighted by Crippen LogP contribution is -2.33. The Morgan fingerprint density at radius 3 is 1.09 bits per heavy atom. The molecule has 10 heteroatoms. The summed E-state index contributed by atoms with van der Waals surface area (Å²) >= 11 is 30.2. The molecule has 0 aromatic heterocycles. The van der Waals surface area contributed by atoms with Crippen LogP contribution in [-0.4, -0.2) is 56.1 Å². The van der Waals surface area contributed by atoms with E-state index in [-0.39, 0.29) is 0 Å². The average Bonchev–Trinajstić information content (AvgIpc) is 2.47. The van der Waals surface area contributed by atoms with Gasteiger partial charge in [-0.25, -0.2) is 0 Å². The van der Waals surface area contributed by atoms with Gasteiger partial charge in [0.2, 0.25) is 0 Å². The summed E-state index contributed by atoms with van der Waals surface area (Å²) in [6.45, 7) is 11.9. The van der Waals surface area contributed by atoms with E-state index in [1.165, 1.54) is 0 Å². The molecule has 134 valence electrons. The van der Waals surface area contributed by atoms with Crippen molar-refractivity contribution >= 4 is 95.9 Å². The molecule has 0 saturated heterocycles. The first-order valence-electron chi connectivity index (χ1n) is 7.16. The largest absolute Gasteiger partial charge is 0.358 e. The van der Waals surface area contributed by atoms with Crippen molar-refractivity contribution in [1.82, 2.24) is 9.80 Å². The predicted molar refractivity (Wildman–Crippen MR) is 132 cm³/mol. The van der Waals surface area contributed by atoms with Gasteiger partial charge in [-0.1, -0.05) is 40.6 Å². The number of hydrogen-bond acceptors (Lipinski definition) is 6. The minimum Gasteiger partial charge on any atom is -0.358 e. The maximum absolute atomic E-state index is 5.59. The Morgan fingerprint density at radius 1 is 0.682 bits per heavy atom. The van der Waals surface area contributed by atoms with Gasteiger partial charge in [0.05, 0.1) is 0 Å². The van der Waals surface area contributed by atoms with Crippen molar-refractivity contribution < 1.29 is 0 Å². The maximum Gasteiger partial charge on any atom is 0.136 e. The van der Waals surface area contributed by atoms with Crippen molar-refractivity contribution in [2.45, 2.75) is 27.7 Å². The minimum atomic E-state index is -1.60. The summed E-state index contributed by atoms with van der Waals surface area (Å²) in [6, 6.07) is 0. The van der Waals surface area contributed by atoms with E-state index in [4.69, 9.17) is 71.1 Å². The van der Waals surface area contributed by atoms with Crippen molar-refractivity contribution in [3.63, 3.8) is 0 Å². The molecule has 0 heterocycles. The van der Waals surface area contributed by atoms with E-state index in [1.807, 2.05) is 0 Å². The van der Waals surface area contributed by atoms with Crippen LogP contribution in [0.25, 0.3) is 0 Å². The Kier molecular flexibility index (Phi) is 11.7. The van der Waals surface area contributed by atoms with E-state index >= 15 is 0 Å². The lowest BCUT2D eigenvalue weighted by molar-refractivity contribution is 0.482. The number of thiocarbonyl (C=S) groups is 2. The number of rotatable bonds is 7. The summed E-state index contributed by atoms with van der Waals surface area (Å²) < 4.78 is 1.68. The second-order valence-electron chi connectivity index (χ2n) is 4.62. The molecule has 0 unspecified atom stereocenters. The monoisotopic (exact) mass is 456 g/mol. The molecule has 0 atom stereocenters. The predicted octanol–water partition coefficient (Wildman–Crippen LogP) is 5.23. The van der Waals surface area contributed by atoms with Crippen LogP contribution >= 0.6 is 87.3 Å². The van der Waals surface area contributed by atoms with Crippen LogP contribution in [0.3, 0.4) is 0 Å². The molecule has 0 radical (unpaired) electrons. The Morgan fingerprint density at radius 2 is 0.909 bits per heavy atom. The van der Waals surface area contributed by atoms with Crippen LogP contribution in [0.5, 0.6) is 0 Å². The van der Waals surface area contributed by atoms with Crippen LogP contribution in [0.2, 0.25) is 0 Å². The fraction of sp³-hybridized carbons (Fsp3) is 0.833. The molecule has 0 bridgehead atoms. The van der Waals surface area contributed by atoms with Gasteiger partial charge in [0.25, 0.3) is 0 Å². The molecule has 0 aliphatic heterocycles. The summed E-state index contributed by atoms with van der Waals surface area (Å²) in [7, 11) is -3.20. The zero-order chi connectivity index (χ0) is 17.6. The quantitative estimate of drug-likeness (QED) is 0.237. The molecule has 2 nitrogen and oxygen atoms in total. The molecular formula is C12H28N2S8. The second kappa shape index (κ2) is 10.8. The van der Waals surface area contributed by atoms with Crippen molar-refractivity contribution in [3.8, 4) is 0 Å². The van der Waals surface area contributed by atoms with Crippen molar-refractivity contribution in [3.05, 3.63) is 0 Å². The van der Waals surface area contributed by atoms with Crippen LogP contribution in [-0.2, 0) is 0 Å². The lowest BCUT2D eigenvalue weighted by Gasteiger charge is -2.40. The van der Waals surface area contributed by atoms with Crippen LogP contribution in [0.4, 0.5) is 0 Å². The normalized spacial score (nSPS) is 13.6. The summed E-state index contributed by atoms with van der Waals surface area (Å²) in [5.41, 5.74) is 0. The van der Waals surface area contributed by atoms with Gasteiger partial charge in [0.1, 0.15) is 8.64 Å². The summed E-state index contributed by atoms with van der Waals surface area (Å²) in [5.74, 6) is 1.52. The van der Waals surface area contributed by atoms with E-state index < -0.39 is 16.2 Å². The SMILES string of the molecule is CCN(CC)C(=S)S(S)(S)CCS(S)(S)C(=S)N(CC)CC. The molecule has 0 fully saturated rings. The molecule has 0 rings (SSSR count). The third-order valence-corrected chi connectivity index (χ3v) is 14.7. The first-order chi connectivity index (χ1) is 10.1. The van der Waals surface area contributed by atoms with Crippen molar-refractivity contribution in [1.29, 1.82) is 0 Å². The molecule has 0 spiro atoms. The van der Waals surface area contributed by atoms with Gasteiger partial charge in [0, 0.05) is 37.7 Å². The van der Waals surface area contributed by atoms with Gasteiger partial charge in [-0.15, -0.1) is 46.6 Å². The number of nitrogens with zero attached hydrogens (tertiary/aromatic N) is 2. The first kappa shape index (κ1) is 23.9. The zero-order valence-corrected chi connectivity index (χ0v) is 20.4. The first-order valence-corrected chi connectivity index (χ1v) is 15.8. The van der Waals surface area contributed by atoms with Crippen LogP contribution in [0.15, 0.2) is 0 Å². The molecule has 0 aromatic carbocycles. The smallest absolute Gasteiger partial charge is 0.136 e. The molecule has 0 amide bonds. The van der Waals surface area contributed by atoms with E-state index in [2.05, 4.69) is 37.5 Å². The molecular weight excluding hydrogens is 429 g/mol. The Bertz CT molecular complexity index is 341. The van der Waals surface area contributed by atoms with E-state index in [9.17, 15) is 0 Å². The maximum atomic E-state index is 5.59. The number of thiol groups is 4. The van der Waals surface area contributed by atoms with E-state index in [0.29, 0.717) is 0 Å². The van der Waals surface area contributed by atoms with Gasteiger partial charge in [-0.3, -0.25) is 0 Å². The van der Waals surface area contributed by atoms with Gasteiger partial charge < -0.3 is 9.80 Å². The molecule has 0 aliphatic rings. The standard InChI is InChI=1S/C12H28N2S8/c1-5-13(6-2)11(15)21(17,18)9-10-22(19,20)12(16)14(7-3)8-4/h17-20H,5-10H2,1-4H3. The Labute approximate surface area is 169 Å². The third-order valence-electron chi connectivity index (χ3n) is 3.26. The molecule has 0 aromatic rings. The van der Waals surface area contributed by atoms with Crippen molar-refractivity contribution in [2.24, 2.45) is 0 Å². The van der Waals surface area contributed by atoms with Gasteiger partial charge in [-0.2, -0.15) is 0 Å². The van der Waals surface area contributed by atoms with E-state index in [1.54, 1.807) is 0 Å². The molecule has 0 saturated carbocycles.